The topological polar surface area (TPSA) is 78.9 Å². The Morgan fingerprint density at radius 1 is 0.389 bits per heavy atom. The molecule has 0 fully saturated rings. The van der Waals surface area contributed by atoms with Gasteiger partial charge in [-0.05, 0) is 89.9 Å². The van der Waals surface area contributed by atoms with E-state index in [0.717, 1.165) is 96.3 Å². The van der Waals surface area contributed by atoms with Crippen molar-refractivity contribution in [2.75, 3.05) is 13.2 Å². The van der Waals surface area contributed by atoms with Crippen LogP contribution < -0.4 is 0 Å². The molecule has 0 aliphatic carbocycles. The van der Waals surface area contributed by atoms with Crippen LogP contribution in [0.1, 0.15) is 194 Å². The van der Waals surface area contributed by atoms with Gasteiger partial charge in [-0.25, -0.2) is 0 Å². The first-order valence-electron chi connectivity index (χ1n) is 21.9. The van der Waals surface area contributed by atoms with Crippen LogP contribution in [0.3, 0.4) is 0 Å². The van der Waals surface area contributed by atoms with Gasteiger partial charge in [0, 0.05) is 19.3 Å². The lowest BCUT2D eigenvalue weighted by Gasteiger charge is -2.18. The van der Waals surface area contributed by atoms with Crippen LogP contribution in [0.5, 0.6) is 0 Å². The highest BCUT2D eigenvalue weighted by atomic mass is 16.6. The van der Waals surface area contributed by atoms with Gasteiger partial charge in [0.15, 0.2) is 6.10 Å². The Bertz CT molecular complexity index is 1050. The SMILES string of the molecule is CC/C=C\C/C=C\C/C=C\CCCC(=O)OC(COC(=O)CCCCCCC/C=C\CCCC)COC(=O)CCCCCCCCC/C=C\C/C=C\CC. The van der Waals surface area contributed by atoms with Gasteiger partial charge in [0.25, 0.3) is 0 Å². The summed E-state index contributed by atoms with van der Waals surface area (Å²) in [4.78, 5) is 37.6. The minimum atomic E-state index is -0.805. The second kappa shape index (κ2) is 42.6. The smallest absolute Gasteiger partial charge is 0.306 e. The fourth-order valence-corrected chi connectivity index (χ4v) is 5.66. The Kier molecular flexibility index (Phi) is 40.1. The molecule has 308 valence electrons. The molecule has 0 saturated carbocycles. The molecule has 0 amide bonds. The normalized spacial score (nSPS) is 12.7. The summed E-state index contributed by atoms with van der Waals surface area (Å²) in [5.41, 5.74) is 0. The number of ether oxygens (including phenoxy) is 3. The molecular formula is C48H80O6. The first kappa shape index (κ1) is 50.9. The van der Waals surface area contributed by atoms with Gasteiger partial charge >= 0.3 is 17.9 Å². The zero-order valence-corrected chi connectivity index (χ0v) is 35.0. The summed E-state index contributed by atoms with van der Waals surface area (Å²) >= 11 is 0. The van der Waals surface area contributed by atoms with Crippen molar-refractivity contribution in [2.45, 2.75) is 200 Å². The van der Waals surface area contributed by atoms with Crippen LogP contribution >= 0.6 is 0 Å². The number of hydrogen-bond donors (Lipinski definition) is 0. The number of esters is 3. The predicted octanol–water partition coefficient (Wildman–Crippen LogP) is 13.9. The molecule has 54 heavy (non-hydrogen) atoms. The number of unbranched alkanes of at least 4 members (excludes halogenated alkanes) is 15. The number of carbonyl (C=O) groups is 3. The zero-order chi connectivity index (χ0) is 39.4. The Morgan fingerprint density at radius 3 is 1.20 bits per heavy atom. The van der Waals surface area contributed by atoms with E-state index in [1.54, 1.807) is 0 Å². The molecule has 1 atom stereocenters. The Balaban J connectivity index is 4.46. The fourth-order valence-electron chi connectivity index (χ4n) is 5.66. The van der Waals surface area contributed by atoms with Gasteiger partial charge in [-0.1, -0.05) is 158 Å². The summed E-state index contributed by atoms with van der Waals surface area (Å²) in [5.74, 6) is -0.985. The third kappa shape index (κ3) is 40.0. The van der Waals surface area contributed by atoms with E-state index in [9.17, 15) is 14.4 Å². The van der Waals surface area contributed by atoms with Gasteiger partial charge in [0.05, 0.1) is 0 Å². The van der Waals surface area contributed by atoms with E-state index in [0.29, 0.717) is 19.3 Å². The molecule has 0 bridgehead atoms. The number of hydrogen-bond acceptors (Lipinski definition) is 6. The lowest BCUT2D eigenvalue weighted by atomic mass is 10.1. The number of allylic oxidation sites excluding steroid dienone is 12. The molecule has 0 spiro atoms. The number of rotatable bonds is 38. The third-order valence-electron chi connectivity index (χ3n) is 8.93. The predicted molar refractivity (Wildman–Crippen MR) is 228 cm³/mol. The van der Waals surface area contributed by atoms with Gasteiger partial charge in [0.2, 0.25) is 0 Å². The van der Waals surface area contributed by atoms with Crippen molar-refractivity contribution >= 4 is 17.9 Å². The lowest BCUT2D eigenvalue weighted by molar-refractivity contribution is -0.167. The molecule has 0 heterocycles. The van der Waals surface area contributed by atoms with Crippen molar-refractivity contribution < 1.29 is 28.6 Å². The summed E-state index contributed by atoms with van der Waals surface area (Å²) in [5, 5.41) is 0. The average molecular weight is 753 g/mol. The van der Waals surface area contributed by atoms with E-state index >= 15 is 0 Å². The summed E-state index contributed by atoms with van der Waals surface area (Å²) in [6.07, 6.45) is 51.8. The quantitative estimate of drug-likeness (QED) is 0.0270. The van der Waals surface area contributed by atoms with Crippen molar-refractivity contribution in [1.82, 2.24) is 0 Å². The van der Waals surface area contributed by atoms with Crippen LogP contribution in [-0.4, -0.2) is 37.2 Å². The average Bonchev–Trinajstić information content (AvgIpc) is 3.17. The van der Waals surface area contributed by atoms with Gasteiger partial charge in [-0.3, -0.25) is 14.4 Å². The van der Waals surface area contributed by atoms with Gasteiger partial charge in [-0.2, -0.15) is 0 Å². The van der Waals surface area contributed by atoms with E-state index in [2.05, 4.69) is 93.7 Å². The summed E-state index contributed by atoms with van der Waals surface area (Å²) in [7, 11) is 0. The van der Waals surface area contributed by atoms with Crippen LogP contribution in [0, 0.1) is 0 Å². The van der Waals surface area contributed by atoms with Crippen molar-refractivity contribution in [1.29, 1.82) is 0 Å². The van der Waals surface area contributed by atoms with Crippen LogP contribution in [0.2, 0.25) is 0 Å². The third-order valence-corrected chi connectivity index (χ3v) is 8.93. The second-order valence-electron chi connectivity index (χ2n) is 14.2. The first-order chi connectivity index (χ1) is 26.5. The molecule has 0 aromatic rings. The molecule has 0 aliphatic heterocycles. The molecule has 0 aromatic heterocycles. The van der Waals surface area contributed by atoms with Gasteiger partial charge in [0.1, 0.15) is 13.2 Å². The molecule has 0 N–H and O–H groups in total. The highest BCUT2D eigenvalue weighted by Gasteiger charge is 2.19. The summed E-state index contributed by atoms with van der Waals surface area (Å²) in [6.45, 7) is 6.29. The molecular weight excluding hydrogens is 673 g/mol. The minimum Gasteiger partial charge on any atom is -0.462 e. The van der Waals surface area contributed by atoms with E-state index in [1.807, 2.05) is 0 Å². The largest absolute Gasteiger partial charge is 0.462 e. The molecule has 0 rings (SSSR count). The van der Waals surface area contributed by atoms with Crippen LogP contribution in [0.15, 0.2) is 72.9 Å². The molecule has 0 radical (unpaired) electrons. The molecule has 0 aliphatic rings. The summed E-state index contributed by atoms with van der Waals surface area (Å²) in [6, 6.07) is 0. The molecule has 0 aromatic carbocycles. The molecule has 6 nitrogen and oxygen atoms in total. The highest BCUT2D eigenvalue weighted by Crippen LogP contribution is 2.13. The van der Waals surface area contributed by atoms with E-state index in [-0.39, 0.29) is 37.5 Å². The monoisotopic (exact) mass is 753 g/mol. The molecule has 1 unspecified atom stereocenters. The fraction of sp³-hybridized carbons (Fsp3) is 0.688. The second-order valence-corrected chi connectivity index (χ2v) is 14.2. The van der Waals surface area contributed by atoms with Gasteiger partial charge < -0.3 is 14.2 Å². The molecule has 6 heteroatoms. The Labute approximate surface area is 332 Å². The minimum absolute atomic E-state index is 0.103. The Morgan fingerprint density at radius 2 is 0.741 bits per heavy atom. The maximum absolute atomic E-state index is 12.7. The standard InChI is InChI=1S/C48H80O6/c1-4-7-10-13-16-19-22-23-24-27-29-32-35-38-41-47(50)53-44-45(54-48(51)42-39-36-33-30-26-21-18-15-12-9-6-3)43-52-46(49)40-37-34-31-28-25-20-17-14-11-8-5-2/h7,9-10,12,14,16-19,21,30,33,45H,4-6,8,11,13,15,20,22-29,31-32,34-44H2,1-3H3/b10-7-,12-9-,17-14-,19-16-,21-18-,33-30-. The zero-order valence-electron chi connectivity index (χ0n) is 35.0. The van der Waals surface area contributed by atoms with Crippen LogP contribution in [0.4, 0.5) is 0 Å². The number of carbonyl (C=O) groups excluding carboxylic acids is 3. The van der Waals surface area contributed by atoms with Crippen LogP contribution in [0.25, 0.3) is 0 Å². The van der Waals surface area contributed by atoms with Gasteiger partial charge in [-0.15, -0.1) is 0 Å². The van der Waals surface area contributed by atoms with Crippen molar-refractivity contribution in [3.05, 3.63) is 72.9 Å². The maximum atomic E-state index is 12.7. The van der Waals surface area contributed by atoms with E-state index in [4.69, 9.17) is 14.2 Å². The maximum Gasteiger partial charge on any atom is 0.306 e. The van der Waals surface area contributed by atoms with E-state index in [1.165, 1.54) is 51.4 Å². The molecule has 0 saturated heterocycles. The van der Waals surface area contributed by atoms with Crippen molar-refractivity contribution in [3.63, 3.8) is 0 Å². The van der Waals surface area contributed by atoms with Crippen molar-refractivity contribution in [2.24, 2.45) is 0 Å². The van der Waals surface area contributed by atoms with E-state index < -0.39 is 6.10 Å². The Hall–Kier alpha value is -3.15. The highest BCUT2D eigenvalue weighted by molar-refractivity contribution is 5.71. The van der Waals surface area contributed by atoms with Crippen LogP contribution in [-0.2, 0) is 28.6 Å². The summed E-state index contributed by atoms with van der Waals surface area (Å²) < 4.78 is 16.6. The van der Waals surface area contributed by atoms with Crippen molar-refractivity contribution in [3.8, 4) is 0 Å². The first-order valence-corrected chi connectivity index (χ1v) is 21.9. The lowest BCUT2D eigenvalue weighted by Crippen LogP contribution is -2.30.